The van der Waals surface area contributed by atoms with Crippen LogP contribution < -0.4 is 4.57 Å². The number of rotatable bonds is 3. The van der Waals surface area contributed by atoms with Crippen molar-refractivity contribution in [2.75, 3.05) is 0 Å². The van der Waals surface area contributed by atoms with Crippen molar-refractivity contribution >= 4 is 21.9 Å². The lowest BCUT2D eigenvalue weighted by atomic mass is 10.0. The van der Waals surface area contributed by atoms with Crippen LogP contribution >= 0.6 is 0 Å². The molecule has 3 aromatic carbocycles. The lowest BCUT2D eigenvalue weighted by molar-refractivity contribution is -0.674. The molecule has 0 N–H and O–H groups in total. The van der Waals surface area contributed by atoms with E-state index in [1.54, 1.807) is 0 Å². The van der Waals surface area contributed by atoms with Crippen LogP contribution in [0, 0.1) is 20.2 Å². The van der Waals surface area contributed by atoms with Gasteiger partial charge in [0.25, 0.3) is 0 Å². The molecule has 3 aromatic heterocycles. The van der Waals surface area contributed by atoms with Crippen LogP contribution in [-0.2, 0) is 7.05 Å². The highest BCUT2D eigenvalue weighted by molar-refractivity contribution is 6.09. The number of aromatic nitrogens is 3. The molecule has 4 nitrogen and oxygen atoms in total. The Morgan fingerprint density at radius 2 is 1.70 bits per heavy atom. The van der Waals surface area contributed by atoms with Crippen molar-refractivity contribution in [3.8, 4) is 28.1 Å². The van der Waals surface area contributed by atoms with Crippen molar-refractivity contribution in [3.63, 3.8) is 0 Å². The van der Waals surface area contributed by atoms with Gasteiger partial charge in [-0.05, 0) is 72.0 Å². The predicted molar refractivity (Wildman–Crippen MR) is 131 cm³/mol. The Morgan fingerprint density at radius 3 is 2.45 bits per heavy atom. The Balaban J connectivity index is 1.63. The average Bonchev–Trinajstić information content (AvgIpc) is 3.43. The van der Waals surface area contributed by atoms with Crippen LogP contribution in [0.5, 0.6) is 0 Å². The van der Waals surface area contributed by atoms with Gasteiger partial charge in [-0.25, -0.2) is 0 Å². The standard InChI is InChI=1S/C29H23N3O/c1-19-13-26(30-17-20(19)2)23-14-25-24-10-9-22(21-7-5-4-6-8-21)16-28(24)33-29(25)27(15-23)32-12-11-31(3)18-32/h4-17H,1-3H3. The van der Waals surface area contributed by atoms with Gasteiger partial charge in [-0.3, -0.25) is 4.98 Å². The van der Waals surface area contributed by atoms with Crippen molar-refractivity contribution in [1.29, 1.82) is 0 Å². The minimum Gasteiger partial charge on any atom is -0.461 e. The third-order valence-corrected chi connectivity index (χ3v) is 6.29. The second-order valence-electron chi connectivity index (χ2n) is 8.58. The number of imidazole rings is 1. The fourth-order valence-corrected chi connectivity index (χ4v) is 4.32. The molecule has 0 saturated heterocycles. The number of fused-ring (bicyclic) bond motifs is 3. The molecular formula is C29H23N3O. The van der Waals surface area contributed by atoms with E-state index < -0.39 is 0 Å². The van der Waals surface area contributed by atoms with Gasteiger partial charge in [-0.1, -0.05) is 36.4 Å². The van der Waals surface area contributed by atoms with Gasteiger partial charge in [0.05, 0.1) is 18.4 Å². The fourth-order valence-electron chi connectivity index (χ4n) is 4.32. The van der Waals surface area contributed by atoms with Crippen LogP contribution in [0.1, 0.15) is 11.1 Å². The highest BCUT2D eigenvalue weighted by atomic mass is 16.3. The van der Waals surface area contributed by atoms with Crippen molar-refractivity contribution in [3.05, 3.63) is 103 Å². The zero-order valence-corrected chi connectivity index (χ0v) is 18.8. The second kappa shape index (κ2) is 7.45. The lowest BCUT2D eigenvalue weighted by Gasteiger charge is -2.09. The molecule has 6 aromatic rings. The normalized spacial score (nSPS) is 11.5. The molecule has 0 aliphatic carbocycles. The van der Waals surface area contributed by atoms with E-state index in [1.807, 2.05) is 40.8 Å². The van der Waals surface area contributed by atoms with E-state index in [1.165, 1.54) is 16.7 Å². The zero-order chi connectivity index (χ0) is 22.5. The summed E-state index contributed by atoms with van der Waals surface area (Å²) in [7, 11) is 1.97. The first-order valence-corrected chi connectivity index (χ1v) is 11.0. The Bertz CT molecular complexity index is 1640. The quantitative estimate of drug-likeness (QED) is 0.243. The summed E-state index contributed by atoms with van der Waals surface area (Å²) in [5.41, 5.74) is 9.39. The molecule has 160 valence electrons. The monoisotopic (exact) mass is 429 g/mol. The molecule has 3 heterocycles. The molecule has 0 fully saturated rings. The summed E-state index contributed by atoms with van der Waals surface area (Å²) in [6.07, 6.45) is 9.23. The number of benzene rings is 3. The number of aryl methyl sites for hydroxylation is 3. The molecule has 0 amide bonds. The number of furan rings is 1. The molecule has 0 unspecified atom stereocenters. The molecule has 0 radical (unpaired) electrons. The third-order valence-electron chi connectivity index (χ3n) is 6.29. The SMILES string of the molecule is Cc1cnc(-c2cc(-n3[c-][n+](C)cc3)c3oc4cc(-c5ccccc5)ccc4c3c2)cc1C. The molecule has 4 heteroatoms. The van der Waals surface area contributed by atoms with Gasteiger partial charge in [0.2, 0.25) is 6.33 Å². The van der Waals surface area contributed by atoms with E-state index in [9.17, 15) is 0 Å². The molecule has 0 spiro atoms. The molecule has 33 heavy (non-hydrogen) atoms. The topological polar surface area (TPSA) is 34.8 Å². The predicted octanol–water partition coefficient (Wildman–Crippen LogP) is 6.35. The van der Waals surface area contributed by atoms with Gasteiger partial charge in [-0.2, -0.15) is 0 Å². The first-order valence-electron chi connectivity index (χ1n) is 11.0. The second-order valence-corrected chi connectivity index (χ2v) is 8.58. The van der Waals surface area contributed by atoms with Gasteiger partial charge >= 0.3 is 0 Å². The summed E-state index contributed by atoms with van der Waals surface area (Å²) in [5.74, 6) is 0. The Labute approximate surface area is 192 Å². The Hall–Kier alpha value is -4.18. The van der Waals surface area contributed by atoms with E-state index in [0.717, 1.165) is 44.4 Å². The smallest absolute Gasteiger partial charge is 0.243 e. The van der Waals surface area contributed by atoms with Gasteiger partial charge in [-0.15, -0.1) is 0 Å². The van der Waals surface area contributed by atoms with Crippen molar-refractivity contribution < 1.29 is 8.98 Å². The van der Waals surface area contributed by atoms with Crippen LogP contribution in [0.4, 0.5) is 0 Å². The number of hydrogen-bond donors (Lipinski definition) is 0. The average molecular weight is 430 g/mol. The molecule has 0 aliphatic heterocycles. The van der Waals surface area contributed by atoms with E-state index >= 15 is 0 Å². The summed E-state index contributed by atoms with van der Waals surface area (Å²) in [6, 6.07) is 23.3. The Morgan fingerprint density at radius 1 is 0.848 bits per heavy atom. The van der Waals surface area contributed by atoms with Gasteiger partial charge in [0.1, 0.15) is 11.2 Å². The summed E-state index contributed by atoms with van der Waals surface area (Å²) in [5, 5.41) is 2.16. The highest BCUT2D eigenvalue weighted by Gasteiger charge is 2.16. The number of pyridine rings is 1. The maximum atomic E-state index is 6.47. The molecule has 0 aliphatic rings. The minimum absolute atomic E-state index is 0.843. The number of hydrogen-bond acceptors (Lipinski definition) is 2. The van der Waals surface area contributed by atoms with Gasteiger partial charge < -0.3 is 13.6 Å². The first-order chi connectivity index (χ1) is 16.1. The molecule has 0 saturated carbocycles. The summed E-state index contributed by atoms with van der Waals surface area (Å²) in [6.45, 7) is 4.21. The molecule has 6 rings (SSSR count). The lowest BCUT2D eigenvalue weighted by Crippen LogP contribution is -2.24. The summed E-state index contributed by atoms with van der Waals surface area (Å²) < 4.78 is 10.4. The van der Waals surface area contributed by atoms with Crippen LogP contribution in [0.3, 0.4) is 0 Å². The highest BCUT2D eigenvalue weighted by Crippen LogP contribution is 2.38. The van der Waals surface area contributed by atoms with E-state index in [4.69, 9.17) is 9.40 Å². The minimum atomic E-state index is 0.843. The van der Waals surface area contributed by atoms with Crippen LogP contribution in [0.2, 0.25) is 0 Å². The maximum absolute atomic E-state index is 6.47. The summed E-state index contributed by atoms with van der Waals surface area (Å²) in [4.78, 5) is 4.72. The van der Waals surface area contributed by atoms with E-state index in [2.05, 4.69) is 80.8 Å². The molecule has 0 atom stereocenters. The van der Waals surface area contributed by atoms with Gasteiger partial charge in [0, 0.05) is 29.4 Å². The van der Waals surface area contributed by atoms with Crippen molar-refractivity contribution in [1.82, 2.24) is 9.55 Å². The van der Waals surface area contributed by atoms with E-state index in [-0.39, 0.29) is 0 Å². The van der Waals surface area contributed by atoms with Crippen molar-refractivity contribution in [2.24, 2.45) is 7.05 Å². The van der Waals surface area contributed by atoms with Crippen LogP contribution in [0.15, 0.2) is 89.7 Å². The largest absolute Gasteiger partial charge is 0.461 e. The van der Waals surface area contributed by atoms with Gasteiger partial charge in [0.15, 0.2) is 0 Å². The molecule has 0 bridgehead atoms. The third kappa shape index (κ3) is 3.31. The number of nitrogens with zero attached hydrogens (tertiary/aromatic N) is 3. The fraction of sp³-hybridized carbons (Fsp3) is 0.103. The Kier molecular flexibility index (Phi) is 4.40. The first kappa shape index (κ1) is 19.5. The molecular weight excluding hydrogens is 406 g/mol. The zero-order valence-electron chi connectivity index (χ0n) is 18.8. The van der Waals surface area contributed by atoms with Crippen molar-refractivity contribution in [2.45, 2.75) is 13.8 Å². The summed E-state index contributed by atoms with van der Waals surface area (Å²) >= 11 is 0. The van der Waals surface area contributed by atoms with Crippen LogP contribution in [0.25, 0.3) is 50.0 Å². The van der Waals surface area contributed by atoms with E-state index in [0.29, 0.717) is 0 Å². The maximum Gasteiger partial charge on any atom is 0.243 e. The van der Waals surface area contributed by atoms with Crippen LogP contribution in [-0.4, -0.2) is 9.55 Å².